The van der Waals surface area contributed by atoms with E-state index in [1.807, 2.05) is 0 Å². The fourth-order valence-corrected chi connectivity index (χ4v) is 2.62. The molecule has 1 fully saturated rings. The predicted molar refractivity (Wildman–Crippen MR) is 80.4 cm³/mol. The van der Waals surface area contributed by atoms with Gasteiger partial charge < -0.3 is 15.5 Å². The molecule has 2 N–H and O–H groups in total. The number of carbonyl (C=O) groups is 2. The molecule has 1 saturated carbocycles. The van der Waals surface area contributed by atoms with Crippen LogP contribution in [0.25, 0.3) is 0 Å². The minimum atomic E-state index is -0.499. The van der Waals surface area contributed by atoms with E-state index in [2.05, 4.69) is 29.4 Å². The second kappa shape index (κ2) is 9.75. The van der Waals surface area contributed by atoms with Crippen molar-refractivity contribution in [3.05, 3.63) is 0 Å². The maximum Gasteiger partial charge on any atom is 0.309 e. The summed E-state index contributed by atoms with van der Waals surface area (Å²) in [6.45, 7) is 7.41. The van der Waals surface area contributed by atoms with Gasteiger partial charge in [-0.05, 0) is 25.9 Å². The van der Waals surface area contributed by atoms with Crippen molar-refractivity contribution in [1.29, 1.82) is 0 Å². The molecule has 5 nitrogen and oxygen atoms in total. The van der Waals surface area contributed by atoms with Gasteiger partial charge in [-0.2, -0.15) is 0 Å². The van der Waals surface area contributed by atoms with Crippen molar-refractivity contribution < 1.29 is 9.59 Å². The van der Waals surface area contributed by atoms with E-state index in [1.165, 1.54) is 12.8 Å². The first kappa shape index (κ1) is 17.0. The van der Waals surface area contributed by atoms with Crippen LogP contribution in [-0.4, -0.2) is 48.9 Å². The molecule has 0 heterocycles. The van der Waals surface area contributed by atoms with Crippen LogP contribution in [0.3, 0.4) is 0 Å². The molecule has 1 aliphatic carbocycles. The van der Waals surface area contributed by atoms with Crippen LogP contribution in [0.5, 0.6) is 0 Å². The summed E-state index contributed by atoms with van der Waals surface area (Å²) >= 11 is 0. The number of likely N-dealkylation sites (N-methyl/N-ethyl adjacent to an activating group) is 1. The third-order valence-corrected chi connectivity index (χ3v) is 4.00. The van der Waals surface area contributed by atoms with Crippen LogP contribution in [-0.2, 0) is 9.59 Å². The van der Waals surface area contributed by atoms with E-state index in [1.54, 1.807) is 0 Å². The lowest BCUT2D eigenvalue weighted by Gasteiger charge is -2.18. The molecule has 0 aliphatic heterocycles. The fourth-order valence-electron chi connectivity index (χ4n) is 2.62. The van der Waals surface area contributed by atoms with Crippen LogP contribution in [0.15, 0.2) is 0 Å². The number of nitrogens with zero attached hydrogens (tertiary/aromatic N) is 1. The van der Waals surface area contributed by atoms with Gasteiger partial charge in [0, 0.05) is 19.1 Å². The van der Waals surface area contributed by atoms with Gasteiger partial charge in [-0.15, -0.1) is 0 Å². The normalized spacial score (nSPS) is 16.8. The van der Waals surface area contributed by atoms with E-state index in [9.17, 15) is 9.59 Å². The molecule has 0 aromatic rings. The van der Waals surface area contributed by atoms with Crippen molar-refractivity contribution in [1.82, 2.24) is 15.5 Å². The lowest BCUT2D eigenvalue weighted by Crippen LogP contribution is -2.46. The lowest BCUT2D eigenvalue weighted by molar-refractivity contribution is -0.139. The van der Waals surface area contributed by atoms with Crippen molar-refractivity contribution in [3.8, 4) is 0 Å². The standard InChI is InChI=1S/C15H29N3O2/c1-3-18(4-2)12-11-16-14(19)15(20)17-13-9-7-5-6-8-10-13/h13H,3-12H2,1-2H3,(H,16,19)(H,17,20). The van der Waals surface area contributed by atoms with Gasteiger partial charge in [-0.3, -0.25) is 9.59 Å². The molecule has 1 aliphatic rings. The van der Waals surface area contributed by atoms with Crippen LogP contribution < -0.4 is 10.6 Å². The van der Waals surface area contributed by atoms with Gasteiger partial charge >= 0.3 is 11.8 Å². The average molecular weight is 283 g/mol. The van der Waals surface area contributed by atoms with E-state index >= 15 is 0 Å². The second-order valence-corrected chi connectivity index (χ2v) is 5.44. The highest BCUT2D eigenvalue weighted by atomic mass is 16.2. The summed E-state index contributed by atoms with van der Waals surface area (Å²) in [6.07, 6.45) is 6.77. The zero-order chi connectivity index (χ0) is 14.8. The molecule has 5 heteroatoms. The van der Waals surface area contributed by atoms with Crippen LogP contribution in [0.1, 0.15) is 52.4 Å². The van der Waals surface area contributed by atoms with Gasteiger partial charge in [-0.1, -0.05) is 39.5 Å². The minimum absolute atomic E-state index is 0.179. The summed E-state index contributed by atoms with van der Waals surface area (Å²) < 4.78 is 0. The van der Waals surface area contributed by atoms with E-state index in [4.69, 9.17) is 0 Å². The molecule has 0 spiro atoms. The summed E-state index contributed by atoms with van der Waals surface area (Å²) in [4.78, 5) is 25.7. The maximum atomic E-state index is 11.8. The van der Waals surface area contributed by atoms with Gasteiger partial charge in [0.25, 0.3) is 0 Å². The van der Waals surface area contributed by atoms with E-state index in [0.717, 1.165) is 45.3 Å². The number of hydrogen-bond donors (Lipinski definition) is 2. The van der Waals surface area contributed by atoms with E-state index < -0.39 is 11.8 Å². The van der Waals surface area contributed by atoms with Crippen LogP contribution in [0.2, 0.25) is 0 Å². The molecular weight excluding hydrogens is 254 g/mol. The Hall–Kier alpha value is -1.10. The Morgan fingerprint density at radius 1 is 1.00 bits per heavy atom. The Kier molecular flexibility index (Phi) is 8.26. The predicted octanol–water partition coefficient (Wildman–Crippen LogP) is 1.28. The van der Waals surface area contributed by atoms with Crippen molar-refractivity contribution in [3.63, 3.8) is 0 Å². The SMILES string of the molecule is CCN(CC)CCNC(=O)C(=O)NC1CCCCCC1. The van der Waals surface area contributed by atoms with Crippen molar-refractivity contribution in [2.24, 2.45) is 0 Å². The third-order valence-electron chi connectivity index (χ3n) is 4.00. The van der Waals surface area contributed by atoms with Crippen LogP contribution in [0.4, 0.5) is 0 Å². The lowest BCUT2D eigenvalue weighted by atomic mass is 10.1. The van der Waals surface area contributed by atoms with Gasteiger partial charge in [-0.25, -0.2) is 0 Å². The molecule has 1 rings (SSSR count). The van der Waals surface area contributed by atoms with Crippen molar-refractivity contribution >= 4 is 11.8 Å². The first-order valence-electron chi connectivity index (χ1n) is 7.98. The molecule has 0 atom stereocenters. The van der Waals surface area contributed by atoms with E-state index in [0.29, 0.717) is 6.54 Å². The zero-order valence-corrected chi connectivity index (χ0v) is 12.9. The molecule has 20 heavy (non-hydrogen) atoms. The monoisotopic (exact) mass is 283 g/mol. The highest BCUT2D eigenvalue weighted by molar-refractivity contribution is 6.35. The molecule has 116 valence electrons. The first-order valence-corrected chi connectivity index (χ1v) is 7.98. The molecule has 2 amide bonds. The molecule has 0 aromatic carbocycles. The van der Waals surface area contributed by atoms with Gasteiger partial charge in [0.2, 0.25) is 0 Å². The quantitative estimate of drug-likeness (QED) is 0.570. The molecule has 0 unspecified atom stereocenters. The average Bonchev–Trinajstić information content (AvgIpc) is 2.72. The number of carbonyl (C=O) groups excluding carboxylic acids is 2. The Labute approximate surface area is 122 Å². The summed E-state index contributed by atoms with van der Waals surface area (Å²) in [7, 11) is 0. The molecule has 0 bridgehead atoms. The second-order valence-electron chi connectivity index (χ2n) is 5.44. The Morgan fingerprint density at radius 2 is 1.60 bits per heavy atom. The first-order chi connectivity index (χ1) is 9.67. The third kappa shape index (κ3) is 6.37. The minimum Gasteiger partial charge on any atom is -0.347 e. The smallest absolute Gasteiger partial charge is 0.309 e. The van der Waals surface area contributed by atoms with Gasteiger partial charge in [0.15, 0.2) is 0 Å². The summed E-state index contributed by atoms with van der Waals surface area (Å²) in [5.41, 5.74) is 0. The Morgan fingerprint density at radius 3 is 2.15 bits per heavy atom. The Bertz CT molecular complexity index is 295. The largest absolute Gasteiger partial charge is 0.347 e. The zero-order valence-electron chi connectivity index (χ0n) is 12.9. The number of amides is 2. The molecule has 0 aromatic heterocycles. The summed E-state index contributed by atoms with van der Waals surface area (Å²) in [6, 6.07) is 0.179. The Balaban J connectivity index is 2.22. The number of rotatable bonds is 6. The topological polar surface area (TPSA) is 61.4 Å². The molecule has 0 saturated heterocycles. The van der Waals surface area contributed by atoms with Gasteiger partial charge in [0.1, 0.15) is 0 Å². The fraction of sp³-hybridized carbons (Fsp3) is 0.867. The summed E-state index contributed by atoms with van der Waals surface area (Å²) in [5, 5.41) is 5.55. The number of hydrogen-bond acceptors (Lipinski definition) is 3. The maximum absolute atomic E-state index is 11.8. The highest BCUT2D eigenvalue weighted by Gasteiger charge is 2.19. The highest BCUT2D eigenvalue weighted by Crippen LogP contribution is 2.16. The van der Waals surface area contributed by atoms with Crippen LogP contribution in [0, 0.1) is 0 Å². The molecule has 0 radical (unpaired) electrons. The molecular formula is C15H29N3O2. The van der Waals surface area contributed by atoms with E-state index in [-0.39, 0.29) is 6.04 Å². The van der Waals surface area contributed by atoms with Crippen LogP contribution >= 0.6 is 0 Å². The van der Waals surface area contributed by atoms with Crippen molar-refractivity contribution in [2.45, 2.75) is 58.4 Å². The van der Waals surface area contributed by atoms with Crippen molar-refractivity contribution in [2.75, 3.05) is 26.2 Å². The van der Waals surface area contributed by atoms with Gasteiger partial charge in [0.05, 0.1) is 0 Å². The summed E-state index contributed by atoms with van der Waals surface area (Å²) in [5.74, 6) is -0.974. The number of nitrogens with one attached hydrogen (secondary N) is 2.